The van der Waals surface area contributed by atoms with Crippen LogP contribution in [0, 0.1) is 5.92 Å². The van der Waals surface area contributed by atoms with Gasteiger partial charge in [0.25, 0.3) is 10.0 Å². The molecule has 0 unspecified atom stereocenters. The van der Waals surface area contributed by atoms with Gasteiger partial charge in [-0.3, -0.25) is 13.9 Å². The van der Waals surface area contributed by atoms with Gasteiger partial charge in [0.05, 0.1) is 17.2 Å². The highest BCUT2D eigenvalue weighted by atomic mass is 35.5. The third-order valence-electron chi connectivity index (χ3n) is 7.37. The molecule has 4 rings (SSSR count). The molecule has 2 amide bonds. The van der Waals surface area contributed by atoms with Crippen LogP contribution in [0.1, 0.15) is 31.9 Å². The number of amides is 2. The molecule has 0 aliphatic rings. The largest absolute Gasteiger partial charge is 0.494 e. The van der Waals surface area contributed by atoms with E-state index in [1.807, 2.05) is 51.1 Å². The predicted molar refractivity (Wildman–Crippen MR) is 187 cm³/mol. The lowest BCUT2D eigenvalue weighted by Gasteiger charge is -2.34. The van der Waals surface area contributed by atoms with Crippen LogP contribution >= 0.6 is 23.2 Å². The Balaban J connectivity index is 1.80. The van der Waals surface area contributed by atoms with Gasteiger partial charge >= 0.3 is 0 Å². The van der Waals surface area contributed by atoms with E-state index in [0.717, 1.165) is 9.87 Å². The first-order valence-electron chi connectivity index (χ1n) is 15.3. The molecule has 0 aliphatic carbocycles. The molecule has 0 fully saturated rings. The number of nitrogens with zero attached hydrogens (tertiary/aromatic N) is 2. The molecule has 4 aromatic carbocycles. The molecule has 0 heterocycles. The van der Waals surface area contributed by atoms with E-state index in [0.29, 0.717) is 34.5 Å². The summed E-state index contributed by atoms with van der Waals surface area (Å²) in [7, 11) is -4.27. The number of ether oxygens (including phenoxy) is 1. The van der Waals surface area contributed by atoms with Crippen molar-refractivity contribution < 1.29 is 22.7 Å². The highest BCUT2D eigenvalue weighted by Crippen LogP contribution is 2.28. The predicted octanol–water partition coefficient (Wildman–Crippen LogP) is 7.00. The van der Waals surface area contributed by atoms with Crippen molar-refractivity contribution in [1.82, 2.24) is 10.2 Å². The first-order chi connectivity index (χ1) is 22.5. The number of carbonyl (C=O) groups excluding carboxylic acids is 2. The molecule has 0 saturated carbocycles. The molecule has 47 heavy (non-hydrogen) atoms. The Morgan fingerprint density at radius 1 is 0.851 bits per heavy atom. The fraction of sp³-hybridized carbons (Fsp3) is 0.278. The molecular weight excluding hydrogens is 657 g/mol. The van der Waals surface area contributed by atoms with Gasteiger partial charge < -0.3 is 15.0 Å². The van der Waals surface area contributed by atoms with Gasteiger partial charge in [0, 0.05) is 29.6 Å². The zero-order chi connectivity index (χ0) is 34.0. The Morgan fingerprint density at radius 2 is 1.49 bits per heavy atom. The molecule has 1 atom stereocenters. The topological polar surface area (TPSA) is 96.0 Å². The maximum atomic E-state index is 14.6. The van der Waals surface area contributed by atoms with Crippen molar-refractivity contribution in [2.24, 2.45) is 5.92 Å². The van der Waals surface area contributed by atoms with Crippen LogP contribution in [0.5, 0.6) is 5.75 Å². The maximum absolute atomic E-state index is 14.6. The Labute approximate surface area is 287 Å². The van der Waals surface area contributed by atoms with E-state index in [1.54, 1.807) is 48.5 Å². The van der Waals surface area contributed by atoms with Crippen LogP contribution in [-0.4, -0.2) is 50.9 Å². The van der Waals surface area contributed by atoms with E-state index < -0.39 is 28.5 Å². The molecular formula is C36H39Cl2N3O5S. The zero-order valence-corrected chi connectivity index (χ0v) is 28.9. The first kappa shape index (κ1) is 35.8. The van der Waals surface area contributed by atoms with Crippen LogP contribution in [-0.2, 0) is 32.6 Å². The fourth-order valence-electron chi connectivity index (χ4n) is 4.92. The molecule has 11 heteroatoms. The van der Waals surface area contributed by atoms with Gasteiger partial charge in [0.1, 0.15) is 18.3 Å². The Kier molecular flexibility index (Phi) is 12.7. The number of hydrogen-bond donors (Lipinski definition) is 1. The molecule has 0 bridgehead atoms. The van der Waals surface area contributed by atoms with Crippen LogP contribution in [0.4, 0.5) is 5.69 Å². The second-order valence-corrected chi connectivity index (χ2v) is 14.1. The van der Waals surface area contributed by atoms with Gasteiger partial charge in [-0.2, -0.15) is 0 Å². The lowest BCUT2D eigenvalue weighted by atomic mass is 10.0. The van der Waals surface area contributed by atoms with Crippen molar-refractivity contribution >= 4 is 50.7 Å². The second-order valence-electron chi connectivity index (χ2n) is 11.4. The Bertz CT molecular complexity index is 1730. The number of hydrogen-bond acceptors (Lipinski definition) is 5. The zero-order valence-electron chi connectivity index (χ0n) is 26.6. The van der Waals surface area contributed by atoms with Gasteiger partial charge in [-0.15, -0.1) is 0 Å². The summed E-state index contributed by atoms with van der Waals surface area (Å²) < 4.78 is 35.0. The summed E-state index contributed by atoms with van der Waals surface area (Å²) in [6, 6.07) is 27.7. The standard InChI is InChI=1S/C36H39Cl2N3O5S/c1-4-46-31-18-16-30(17-19-31)41(47(44,45)32-20-14-29(37)15-21-32)25-35(42)40(24-28-12-8-9-13-33(28)38)34(36(43)39-23-26(2)3)22-27-10-6-5-7-11-27/h5-21,26,34H,4,22-25H2,1-3H3,(H,39,43)/t34-/m1/s1. The molecule has 4 aromatic rings. The highest BCUT2D eigenvalue weighted by molar-refractivity contribution is 7.92. The number of rotatable bonds is 15. The minimum Gasteiger partial charge on any atom is -0.494 e. The Hall–Kier alpha value is -4.05. The van der Waals surface area contributed by atoms with Crippen LogP contribution in [0.15, 0.2) is 108 Å². The van der Waals surface area contributed by atoms with Gasteiger partial charge in [-0.25, -0.2) is 8.42 Å². The van der Waals surface area contributed by atoms with Gasteiger partial charge in [-0.1, -0.05) is 85.6 Å². The lowest BCUT2D eigenvalue weighted by molar-refractivity contribution is -0.140. The third kappa shape index (κ3) is 9.73. The van der Waals surface area contributed by atoms with E-state index in [-0.39, 0.29) is 35.4 Å². The molecule has 0 aromatic heterocycles. The van der Waals surface area contributed by atoms with Crippen molar-refractivity contribution in [1.29, 1.82) is 0 Å². The van der Waals surface area contributed by atoms with Gasteiger partial charge in [0.2, 0.25) is 11.8 Å². The van der Waals surface area contributed by atoms with Crippen LogP contribution in [0.3, 0.4) is 0 Å². The summed E-state index contributed by atoms with van der Waals surface area (Å²) >= 11 is 12.6. The number of nitrogens with one attached hydrogen (secondary N) is 1. The molecule has 248 valence electrons. The molecule has 0 radical (unpaired) electrons. The van der Waals surface area contributed by atoms with E-state index in [9.17, 15) is 18.0 Å². The van der Waals surface area contributed by atoms with E-state index in [4.69, 9.17) is 27.9 Å². The molecule has 0 spiro atoms. The average Bonchev–Trinajstić information content (AvgIpc) is 3.06. The van der Waals surface area contributed by atoms with Gasteiger partial charge in [-0.05, 0) is 78.6 Å². The normalized spacial score (nSPS) is 12.0. The van der Waals surface area contributed by atoms with Crippen molar-refractivity contribution in [2.45, 2.75) is 44.7 Å². The van der Waals surface area contributed by atoms with Crippen molar-refractivity contribution in [2.75, 3.05) is 24.0 Å². The summed E-state index contributed by atoms with van der Waals surface area (Å²) in [6.07, 6.45) is 0.202. The van der Waals surface area contributed by atoms with Crippen molar-refractivity contribution in [3.05, 3.63) is 124 Å². The van der Waals surface area contributed by atoms with E-state index >= 15 is 0 Å². The van der Waals surface area contributed by atoms with E-state index in [2.05, 4.69) is 5.32 Å². The van der Waals surface area contributed by atoms with Crippen molar-refractivity contribution in [3.63, 3.8) is 0 Å². The van der Waals surface area contributed by atoms with Crippen LogP contribution in [0.2, 0.25) is 10.0 Å². The molecule has 0 saturated heterocycles. The number of halogens is 2. The van der Waals surface area contributed by atoms with Crippen molar-refractivity contribution in [3.8, 4) is 5.75 Å². The summed E-state index contributed by atoms with van der Waals surface area (Å²) in [5, 5.41) is 3.77. The van der Waals surface area contributed by atoms with Crippen LogP contribution < -0.4 is 14.4 Å². The number of carbonyl (C=O) groups is 2. The van der Waals surface area contributed by atoms with Crippen LogP contribution in [0.25, 0.3) is 0 Å². The molecule has 1 N–H and O–H groups in total. The van der Waals surface area contributed by atoms with E-state index in [1.165, 1.54) is 29.2 Å². The highest BCUT2D eigenvalue weighted by Gasteiger charge is 2.35. The molecule has 0 aliphatic heterocycles. The summed E-state index contributed by atoms with van der Waals surface area (Å²) in [5.74, 6) is -0.215. The minimum absolute atomic E-state index is 0.0246. The SMILES string of the molecule is CCOc1ccc(N(CC(=O)N(Cc2ccccc2Cl)[C@H](Cc2ccccc2)C(=O)NCC(C)C)S(=O)(=O)c2ccc(Cl)cc2)cc1. The summed E-state index contributed by atoms with van der Waals surface area (Å²) in [4.78, 5) is 29.8. The maximum Gasteiger partial charge on any atom is 0.264 e. The quantitative estimate of drug-likeness (QED) is 0.145. The number of sulfonamides is 1. The third-order valence-corrected chi connectivity index (χ3v) is 9.78. The summed E-state index contributed by atoms with van der Waals surface area (Å²) in [6.45, 7) is 6.03. The smallest absolute Gasteiger partial charge is 0.264 e. The minimum atomic E-state index is -4.27. The second kappa shape index (κ2) is 16.7. The number of benzene rings is 4. The lowest BCUT2D eigenvalue weighted by Crippen LogP contribution is -2.53. The first-order valence-corrected chi connectivity index (χ1v) is 17.5. The molecule has 8 nitrogen and oxygen atoms in total. The summed E-state index contributed by atoms with van der Waals surface area (Å²) in [5.41, 5.74) is 1.70. The number of anilines is 1. The average molecular weight is 697 g/mol. The monoisotopic (exact) mass is 695 g/mol. The Morgan fingerprint density at radius 3 is 2.11 bits per heavy atom. The fourth-order valence-corrected chi connectivity index (χ4v) is 6.66. The van der Waals surface area contributed by atoms with Gasteiger partial charge in [0.15, 0.2) is 0 Å².